The Kier molecular flexibility index (Phi) is 12.0. The van der Waals surface area contributed by atoms with Crippen LogP contribution in [0.15, 0.2) is 48.7 Å². The molecular weight excluding hydrogens is 713 g/mol. The molecule has 3 N–H and O–H groups in total. The number of amides is 2. The lowest BCUT2D eigenvalue weighted by Crippen LogP contribution is -2.35. The van der Waals surface area contributed by atoms with Crippen LogP contribution in [-0.4, -0.2) is 76.7 Å². The van der Waals surface area contributed by atoms with Gasteiger partial charge in [-0.3, -0.25) is 19.5 Å². The van der Waals surface area contributed by atoms with Gasteiger partial charge in [0.15, 0.2) is 5.82 Å². The van der Waals surface area contributed by atoms with Crippen LogP contribution in [0, 0.1) is 0 Å². The molecule has 2 fully saturated rings. The highest BCUT2D eigenvalue weighted by Crippen LogP contribution is 2.41. The van der Waals surface area contributed by atoms with Gasteiger partial charge in [0.1, 0.15) is 5.75 Å². The Bertz CT molecular complexity index is 1960. The van der Waals surface area contributed by atoms with Gasteiger partial charge in [0.05, 0.1) is 46.9 Å². The largest absolute Gasteiger partial charge is 0.496 e. The minimum atomic E-state index is -0.329. The van der Waals surface area contributed by atoms with Gasteiger partial charge < -0.3 is 30.0 Å². The second-order valence-corrected chi connectivity index (χ2v) is 14.9. The maximum Gasteiger partial charge on any atom is 0.291 e. The number of nitrogens with zero attached hydrogens (tertiary/aromatic N) is 4. The van der Waals surface area contributed by atoms with Crippen LogP contribution in [0.2, 0.25) is 10.0 Å². The average Bonchev–Trinajstić information content (AvgIpc) is 3.74. The highest BCUT2D eigenvalue weighted by Gasteiger charge is 2.27. The Balaban J connectivity index is 1.02. The summed E-state index contributed by atoms with van der Waals surface area (Å²) >= 11 is 14.0. The molecule has 2 aromatic heterocycles. The van der Waals surface area contributed by atoms with E-state index >= 15 is 0 Å². The average molecular weight is 761 g/mol. The zero-order chi connectivity index (χ0) is 36.9. The van der Waals surface area contributed by atoms with E-state index in [-0.39, 0.29) is 17.9 Å². The van der Waals surface area contributed by atoms with Crippen LogP contribution in [0.25, 0.3) is 22.4 Å². The Labute approximate surface area is 320 Å². The van der Waals surface area contributed by atoms with Crippen molar-refractivity contribution >= 4 is 40.7 Å². The fraction of sp³-hybridized carbons (Fsp3) is 0.450. The summed E-state index contributed by atoms with van der Waals surface area (Å²) in [5, 5.41) is 10.2. The SMILES string of the molecule is COc1cc(-c2nccc(-c3cccc(NC(=O)c4nc5c(n4C)CCN(CCOC4CCCCC4)C5)c3Cl)c2Cl)ccc1CNC[C@@H]1CCC(=O)N1. The molecule has 1 aliphatic carbocycles. The predicted octanol–water partition coefficient (Wildman–Crippen LogP) is 6.79. The van der Waals surface area contributed by atoms with Gasteiger partial charge in [0.2, 0.25) is 5.91 Å². The van der Waals surface area contributed by atoms with E-state index in [0.29, 0.717) is 76.3 Å². The van der Waals surface area contributed by atoms with Gasteiger partial charge in [-0.1, -0.05) is 66.7 Å². The number of halogens is 2. The fourth-order valence-electron chi connectivity index (χ4n) is 7.67. The first-order chi connectivity index (χ1) is 25.8. The maximum atomic E-state index is 13.7. The zero-order valence-corrected chi connectivity index (χ0v) is 31.9. The van der Waals surface area contributed by atoms with E-state index in [9.17, 15) is 9.59 Å². The molecule has 0 radical (unpaired) electrons. The number of fused-ring (bicyclic) bond motifs is 1. The van der Waals surface area contributed by atoms with E-state index < -0.39 is 0 Å². The highest BCUT2D eigenvalue weighted by atomic mass is 35.5. The molecule has 0 bridgehead atoms. The van der Waals surface area contributed by atoms with Gasteiger partial charge in [-0.2, -0.15) is 0 Å². The van der Waals surface area contributed by atoms with E-state index in [0.717, 1.165) is 55.1 Å². The third-order valence-corrected chi connectivity index (χ3v) is 11.4. The molecule has 3 aliphatic rings. The van der Waals surface area contributed by atoms with Crippen LogP contribution in [0.3, 0.4) is 0 Å². The number of rotatable bonds is 13. The van der Waals surface area contributed by atoms with Crippen molar-refractivity contribution < 1.29 is 19.1 Å². The van der Waals surface area contributed by atoms with Crippen LogP contribution in [-0.2, 0) is 36.1 Å². The van der Waals surface area contributed by atoms with Gasteiger partial charge >= 0.3 is 0 Å². The molecule has 13 heteroatoms. The molecule has 1 saturated carbocycles. The third-order valence-electron chi connectivity index (χ3n) is 10.6. The van der Waals surface area contributed by atoms with Crippen LogP contribution >= 0.6 is 23.2 Å². The zero-order valence-electron chi connectivity index (χ0n) is 30.4. The highest BCUT2D eigenvalue weighted by molar-refractivity contribution is 6.39. The number of aromatic nitrogens is 3. The van der Waals surface area contributed by atoms with Gasteiger partial charge in [-0.15, -0.1) is 0 Å². The molecule has 7 rings (SSSR count). The van der Waals surface area contributed by atoms with Crippen molar-refractivity contribution in [3.8, 4) is 28.1 Å². The van der Waals surface area contributed by atoms with Gasteiger partial charge in [-0.05, 0) is 37.5 Å². The quantitative estimate of drug-likeness (QED) is 0.136. The minimum Gasteiger partial charge on any atom is -0.496 e. The fourth-order valence-corrected chi connectivity index (χ4v) is 8.27. The summed E-state index contributed by atoms with van der Waals surface area (Å²) in [7, 11) is 3.53. The molecule has 0 unspecified atom stereocenters. The minimum absolute atomic E-state index is 0.101. The third kappa shape index (κ3) is 8.55. The topological polar surface area (TPSA) is 123 Å². The number of benzene rings is 2. The lowest BCUT2D eigenvalue weighted by atomic mass is 9.98. The molecular formula is C40H47Cl2N7O4. The predicted molar refractivity (Wildman–Crippen MR) is 208 cm³/mol. The molecule has 2 amide bonds. The van der Waals surface area contributed by atoms with E-state index in [1.165, 1.54) is 32.1 Å². The van der Waals surface area contributed by atoms with Crippen molar-refractivity contribution in [3.05, 3.63) is 81.5 Å². The Morgan fingerprint density at radius 3 is 2.66 bits per heavy atom. The Morgan fingerprint density at radius 2 is 1.87 bits per heavy atom. The number of carbonyl (C=O) groups excluding carboxylic acids is 2. The molecule has 0 spiro atoms. The van der Waals surface area contributed by atoms with Crippen LogP contribution in [0.5, 0.6) is 5.75 Å². The van der Waals surface area contributed by atoms with Crippen molar-refractivity contribution in [1.82, 2.24) is 30.1 Å². The van der Waals surface area contributed by atoms with Crippen molar-refractivity contribution in [2.24, 2.45) is 7.05 Å². The van der Waals surface area contributed by atoms with E-state index in [2.05, 4.69) is 25.8 Å². The molecule has 4 aromatic rings. The Morgan fingerprint density at radius 1 is 1.04 bits per heavy atom. The molecule has 53 heavy (non-hydrogen) atoms. The molecule has 1 atom stereocenters. The van der Waals surface area contributed by atoms with E-state index in [1.54, 1.807) is 19.4 Å². The van der Waals surface area contributed by atoms with Crippen molar-refractivity contribution in [2.75, 3.05) is 38.7 Å². The summed E-state index contributed by atoms with van der Waals surface area (Å²) < 4.78 is 13.8. The number of hydrogen-bond acceptors (Lipinski definition) is 8. The molecule has 2 aliphatic heterocycles. The number of hydrogen-bond donors (Lipinski definition) is 3. The second kappa shape index (κ2) is 17.0. The summed E-state index contributed by atoms with van der Waals surface area (Å²) in [6.07, 6.45) is 10.5. The number of ether oxygens (including phenoxy) is 2. The number of imidazole rings is 1. The maximum absolute atomic E-state index is 13.7. The van der Waals surface area contributed by atoms with Crippen LogP contribution in [0.4, 0.5) is 5.69 Å². The smallest absolute Gasteiger partial charge is 0.291 e. The number of pyridine rings is 1. The number of carbonyl (C=O) groups is 2. The number of methoxy groups -OCH3 is 1. The van der Waals surface area contributed by atoms with Gasteiger partial charge in [0.25, 0.3) is 5.91 Å². The van der Waals surface area contributed by atoms with Gasteiger partial charge in [-0.25, -0.2) is 4.98 Å². The monoisotopic (exact) mass is 759 g/mol. The molecule has 4 heterocycles. The van der Waals surface area contributed by atoms with Crippen molar-refractivity contribution in [2.45, 2.75) is 76.6 Å². The van der Waals surface area contributed by atoms with Crippen LogP contribution in [0.1, 0.15) is 72.5 Å². The molecule has 280 valence electrons. The summed E-state index contributed by atoms with van der Waals surface area (Å²) in [4.78, 5) is 37.0. The van der Waals surface area contributed by atoms with Crippen molar-refractivity contribution in [1.29, 1.82) is 0 Å². The molecule has 2 aromatic carbocycles. The summed E-state index contributed by atoms with van der Waals surface area (Å²) in [6, 6.07) is 13.3. The summed E-state index contributed by atoms with van der Waals surface area (Å²) in [5.74, 6) is 0.816. The first kappa shape index (κ1) is 37.3. The lowest BCUT2D eigenvalue weighted by Gasteiger charge is -2.28. The van der Waals surface area contributed by atoms with Crippen molar-refractivity contribution in [3.63, 3.8) is 0 Å². The first-order valence-corrected chi connectivity index (χ1v) is 19.3. The lowest BCUT2D eigenvalue weighted by molar-refractivity contribution is -0.119. The van der Waals surface area contributed by atoms with Gasteiger partial charge in [0, 0.05) is 92.8 Å². The second-order valence-electron chi connectivity index (χ2n) is 14.1. The van der Waals surface area contributed by atoms with Crippen LogP contribution < -0.4 is 20.7 Å². The summed E-state index contributed by atoms with van der Waals surface area (Å²) in [5.41, 5.74) is 6.15. The number of anilines is 1. The molecule has 1 saturated heterocycles. The first-order valence-electron chi connectivity index (χ1n) is 18.6. The number of nitrogens with one attached hydrogen (secondary N) is 3. The van der Waals surface area contributed by atoms with E-state index in [1.807, 2.05) is 48.0 Å². The van der Waals surface area contributed by atoms with E-state index in [4.69, 9.17) is 37.7 Å². The summed E-state index contributed by atoms with van der Waals surface area (Å²) in [6.45, 7) is 4.44. The standard InChI is InChI=1S/C40H47Cl2N7O4/c1-48-33-16-18-49(19-20-53-28-7-4-3-5-8-28)24-32(33)46-39(48)40(51)47-31-10-6-9-29(36(31)41)30-15-17-44-38(37(30)42)25-11-12-26(34(21-25)52-2)22-43-23-27-13-14-35(50)45-27/h6,9-12,15,17,21,27-28,43H,3-5,7-8,13-14,16,18-20,22-24H2,1-2H3,(H,45,50)(H,47,51)/t27-/m0/s1. The molecule has 11 nitrogen and oxygen atoms in total. The normalized spacial score (nSPS) is 17.8. The Hall–Kier alpha value is -4.00.